The van der Waals surface area contributed by atoms with Crippen LogP contribution in [-0.4, -0.2) is 178 Å². The maximum atomic E-state index is 13.1. The molecule has 3 saturated heterocycles. The molecule has 67 heavy (non-hydrogen) atoms. The van der Waals surface area contributed by atoms with Crippen molar-refractivity contribution in [2.75, 3.05) is 19.8 Å². The summed E-state index contributed by atoms with van der Waals surface area (Å²) >= 11 is 0. The van der Waals surface area contributed by atoms with Gasteiger partial charge in [0.25, 0.3) is 0 Å². The molecule has 0 spiro atoms. The molecule has 27 nitrogen and oxygen atoms in total. The van der Waals surface area contributed by atoms with Crippen LogP contribution >= 0.6 is 0 Å². The van der Waals surface area contributed by atoms with E-state index in [2.05, 4.69) is 0 Å². The zero-order valence-electron chi connectivity index (χ0n) is 38.3. The summed E-state index contributed by atoms with van der Waals surface area (Å²) in [6, 6.07) is 0. The van der Waals surface area contributed by atoms with E-state index >= 15 is 0 Å². The molecule has 0 saturated carbocycles. The summed E-state index contributed by atoms with van der Waals surface area (Å²) in [6.07, 6.45) is -27.9. The van der Waals surface area contributed by atoms with Crippen LogP contribution in [0.25, 0.3) is 0 Å². The molecule has 0 aliphatic carbocycles. The zero-order chi connectivity index (χ0) is 50.4. The van der Waals surface area contributed by atoms with Crippen molar-refractivity contribution in [1.82, 2.24) is 0 Å². The molecule has 0 aromatic carbocycles. The van der Waals surface area contributed by atoms with E-state index in [1.165, 1.54) is 0 Å². The number of ether oxygens (including phenoxy) is 16. The first kappa shape index (κ1) is 55.3. The Morgan fingerprint density at radius 3 is 0.776 bits per heavy atom. The fraction of sp³-hybridized carbons (Fsp3) is 0.725. The lowest BCUT2D eigenvalue weighted by Gasteiger charge is -2.50. The van der Waals surface area contributed by atoms with E-state index in [9.17, 15) is 52.7 Å². The number of rotatable bonds is 18. The first-order chi connectivity index (χ1) is 31.3. The lowest BCUT2D eigenvalue weighted by Crippen LogP contribution is -2.69. The van der Waals surface area contributed by atoms with Crippen LogP contribution in [0.15, 0.2) is 0 Å². The van der Waals surface area contributed by atoms with Crippen LogP contribution in [0.4, 0.5) is 0 Å². The highest BCUT2D eigenvalue weighted by molar-refractivity contribution is 5.70. The normalized spacial score (nSPS) is 31.2. The van der Waals surface area contributed by atoms with Crippen molar-refractivity contribution >= 4 is 65.7 Å². The van der Waals surface area contributed by atoms with Crippen molar-refractivity contribution in [2.45, 2.75) is 168 Å². The first-order valence-corrected chi connectivity index (χ1v) is 20.3. The number of esters is 11. The minimum atomic E-state index is -2.13. The number of carbonyl (C=O) groups is 11. The summed E-state index contributed by atoms with van der Waals surface area (Å²) in [4.78, 5) is 137. The Kier molecular flexibility index (Phi) is 20.8. The number of hydrogen-bond donors (Lipinski definition) is 0. The van der Waals surface area contributed by atoms with Crippen molar-refractivity contribution in [3.63, 3.8) is 0 Å². The topological polar surface area (TPSA) is 335 Å². The van der Waals surface area contributed by atoms with Crippen LogP contribution in [0.5, 0.6) is 0 Å². The third-order valence-electron chi connectivity index (χ3n) is 9.11. The van der Waals surface area contributed by atoms with Gasteiger partial charge in [-0.15, -0.1) is 0 Å². The summed E-state index contributed by atoms with van der Waals surface area (Å²) in [7, 11) is 0. The third-order valence-corrected chi connectivity index (χ3v) is 9.11. The van der Waals surface area contributed by atoms with Crippen molar-refractivity contribution in [2.24, 2.45) is 0 Å². The van der Waals surface area contributed by atoms with Crippen molar-refractivity contribution in [3.05, 3.63) is 0 Å². The largest absolute Gasteiger partial charge is 0.463 e. The monoisotopic (exact) mass is 966 g/mol. The van der Waals surface area contributed by atoms with E-state index in [1.807, 2.05) is 0 Å². The maximum absolute atomic E-state index is 13.1. The van der Waals surface area contributed by atoms with Gasteiger partial charge in [-0.25, -0.2) is 0 Å². The van der Waals surface area contributed by atoms with Crippen molar-refractivity contribution < 1.29 is 129 Å². The van der Waals surface area contributed by atoms with E-state index in [0.717, 1.165) is 76.2 Å². The van der Waals surface area contributed by atoms with Gasteiger partial charge in [-0.3, -0.25) is 52.7 Å². The van der Waals surface area contributed by atoms with Gasteiger partial charge in [-0.2, -0.15) is 0 Å². The fourth-order valence-corrected chi connectivity index (χ4v) is 7.01. The van der Waals surface area contributed by atoms with Gasteiger partial charge in [-0.05, 0) is 0 Å². The Hall–Kier alpha value is -6.03. The number of hydrogen-bond acceptors (Lipinski definition) is 27. The zero-order valence-corrected chi connectivity index (χ0v) is 38.3. The Morgan fingerprint density at radius 2 is 0.493 bits per heavy atom. The summed E-state index contributed by atoms with van der Waals surface area (Å²) in [5, 5.41) is 0. The van der Waals surface area contributed by atoms with Crippen LogP contribution in [0, 0.1) is 0 Å². The molecule has 0 bridgehead atoms. The highest BCUT2D eigenvalue weighted by atomic mass is 16.8. The quantitative estimate of drug-likeness (QED) is 0.114. The molecule has 3 aliphatic heterocycles. The first-order valence-electron chi connectivity index (χ1n) is 20.3. The van der Waals surface area contributed by atoms with Gasteiger partial charge >= 0.3 is 65.7 Å². The van der Waals surface area contributed by atoms with Crippen LogP contribution < -0.4 is 0 Å². The van der Waals surface area contributed by atoms with E-state index in [0.29, 0.717) is 0 Å². The molecule has 0 aromatic rings. The molecule has 0 amide bonds. The van der Waals surface area contributed by atoms with E-state index in [-0.39, 0.29) is 0 Å². The summed E-state index contributed by atoms with van der Waals surface area (Å²) in [5.41, 5.74) is 0. The molecule has 0 radical (unpaired) electrons. The summed E-state index contributed by atoms with van der Waals surface area (Å²) < 4.78 is 90.6. The lowest BCUT2D eigenvalue weighted by atomic mass is 9.95. The molecule has 15 atom stereocenters. The Morgan fingerprint density at radius 1 is 0.269 bits per heavy atom. The average Bonchev–Trinajstić information content (AvgIpc) is 3.17. The third kappa shape index (κ3) is 17.0. The van der Waals surface area contributed by atoms with E-state index in [4.69, 9.17) is 75.8 Å². The van der Waals surface area contributed by atoms with Gasteiger partial charge in [0, 0.05) is 76.2 Å². The van der Waals surface area contributed by atoms with Crippen molar-refractivity contribution in [1.29, 1.82) is 0 Å². The molecule has 376 valence electrons. The molecule has 0 N–H and O–H groups in total. The van der Waals surface area contributed by atoms with Gasteiger partial charge in [0.2, 0.25) is 6.29 Å². The lowest BCUT2D eigenvalue weighted by molar-refractivity contribution is -0.380. The molecule has 3 heterocycles. The molecule has 3 aliphatic rings. The predicted molar refractivity (Wildman–Crippen MR) is 206 cm³/mol. The van der Waals surface area contributed by atoms with Gasteiger partial charge in [-0.1, -0.05) is 0 Å². The van der Waals surface area contributed by atoms with E-state index < -0.39 is 178 Å². The van der Waals surface area contributed by atoms with E-state index in [1.54, 1.807) is 0 Å². The number of carbonyl (C=O) groups excluding carboxylic acids is 11. The Balaban J connectivity index is 2.38. The molecule has 0 unspecified atom stereocenters. The maximum Gasteiger partial charge on any atom is 0.305 e. The second kappa shape index (κ2) is 25.2. The molecular formula is C40H54O27. The van der Waals surface area contributed by atoms with Gasteiger partial charge < -0.3 is 75.8 Å². The molecule has 27 heteroatoms. The second-order valence-corrected chi connectivity index (χ2v) is 14.9. The van der Waals surface area contributed by atoms with Crippen LogP contribution in [-0.2, 0) is 129 Å². The van der Waals surface area contributed by atoms with Crippen molar-refractivity contribution in [3.8, 4) is 0 Å². The minimum Gasteiger partial charge on any atom is -0.463 e. The average molecular weight is 967 g/mol. The Labute approximate surface area is 382 Å². The molecule has 0 aromatic heterocycles. The van der Waals surface area contributed by atoms with Crippen LogP contribution in [0.3, 0.4) is 0 Å². The van der Waals surface area contributed by atoms with Crippen LogP contribution in [0.1, 0.15) is 76.2 Å². The highest BCUT2D eigenvalue weighted by Gasteiger charge is 2.60. The molecule has 3 fully saturated rings. The standard InChI is InChI=1S/C40H54O27/c1-15(41)52-12-26-29(55-18(4)44)32(58-21(7)47)35(59-22(8)48)39(64-26)67-34-31(57-20(6)46)28(14-54-17(3)43)65-40(37(34)61-24(10)50)66-33-30(56-19(5)45)27(13-53-16(2)42)63-38(62-25(11)51)36(33)60-23(9)49/h26-40H,12-14H2,1-11H3/t26-,27-,28-,29-,30-,31-,32+,33+,34+,35-,36-,37-,38-,39+,40+/m1/s1. The fourth-order valence-electron chi connectivity index (χ4n) is 7.01. The molecule has 3 rings (SSSR count). The van der Waals surface area contributed by atoms with Gasteiger partial charge in [0.1, 0.15) is 50.3 Å². The van der Waals surface area contributed by atoms with Gasteiger partial charge in [0.05, 0.1) is 0 Å². The second-order valence-electron chi connectivity index (χ2n) is 14.9. The predicted octanol–water partition coefficient (Wildman–Crippen LogP) is -1.29. The van der Waals surface area contributed by atoms with Gasteiger partial charge in [0.15, 0.2) is 55.3 Å². The highest BCUT2D eigenvalue weighted by Crippen LogP contribution is 2.38. The SMILES string of the molecule is CC(=O)OC[C@H]1O[C@@H](O[C@@H]2[C@@H](OC(C)=O)[C@H](O[C@@H]3[C@@H](OC(C)=O)[C@H](OC(C)=O)O[C@H](COC(C)=O)[C@H]3OC(C)=O)O[C@H](COC(C)=O)[C@H]2OC(C)=O)[C@H](OC(C)=O)[C@@H](OC(C)=O)[C@@H]1OC(C)=O. The summed E-state index contributed by atoms with van der Waals surface area (Å²) in [5.74, 6) is -10.8. The minimum absolute atomic E-state index is 0.700. The molecular weight excluding hydrogens is 912 g/mol. The van der Waals surface area contributed by atoms with Crippen LogP contribution in [0.2, 0.25) is 0 Å². The summed E-state index contributed by atoms with van der Waals surface area (Å²) in [6.45, 7) is 8.50. The Bertz CT molecular complexity index is 1850. The smallest absolute Gasteiger partial charge is 0.305 e.